The fourth-order valence-corrected chi connectivity index (χ4v) is 4.70. The molecule has 0 saturated carbocycles. The van der Waals surface area contributed by atoms with Crippen molar-refractivity contribution in [2.75, 3.05) is 13.1 Å². The van der Waals surface area contributed by atoms with Gasteiger partial charge in [-0.05, 0) is 42.2 Å². The van der Waals surface area contributed by atoms with Gasteiger partial charge in [0, 0.05) is 13.1 Å². The number of rotatable bonds is 4. The molecule has 0 bridgehead atoms. The lowest BCUT2D eigenvalue weighted by atomic mass is 9.99. The molecule has 6 heteroatoms. The number of sulfonamides is 1. The van der Waals surface area contributed by atoms with E-state index in [2.05, 4.69) is 5.32 Å². The van der Waals surface area contributed by atoms with Crippen LogP contribution in [0, 0.1) is 6.92 Å². The SMILES string of the molecule is CCc1ccc(S(=O)(=O)N2CCNC(=O)C2c2ccccc2C)cc1. The molecule has 1 saturated heterocycles. The Morgan fingerprint density at radius 1 is 1.12 bits per heavy atom. The first-order chi connectivity index (χ1) is 11.9. The molecule has 0 aliphatic carbocycles. The van der Waals surface area contributed by atoms with Gasteiger partial charge in [-0.3, -0.25) is 4.79 Å². The van der Waals surface area contributed by atoms with Crippen LogP contribution >= 0.6 is 0 Å². The van der Waals surface area contributed by atoms with E-state index in [1.807, 2.05) is 50.2 Å². The van der Waals surface area contributed by atoms with E-state index in [9.17, 15) is 13.2 Å². The maximum Gasteiger partial charge on any atom is 0.244 e. The topological polar surface area (TPSA) is 66.5 Å². The minimum atomic E-state index is -3.76. The van der Waals surface area contributed by atoms with Crippen LogP contribution in [0.25, 0.3) is 0 Å². The van der Waals surface area contributed by atoms with Crippen LogP contribution in [0.1, 0.15) is 29.7 Å². The quantitative estimate of drug-likeness (QED) is 0.913. The summed E-state index contributed by atoms with van der Waals surface area (Å²) in [6.45, 7) is 4.47. The van der Waals surface area contributed by atoms with Crippen LogP contribution in [0.2, 0.25) is 0 Å². The zero-order valence-electron chi connectivity index (χ0n) is 14.4. The van der Waals surface area contributed by atoms with Gasteiger partial charge < -0.3 is 5.32 Å². The largest absolute Gasteiger partial charge is 0.353 e. The third-order valence-corrected chi connectivity index (χ3v) is 6.47. The number of carbonyl (C=O) groups excluding carboxylic acids is 1. The molecular weight excluding hydrogens is 336 g/mol. The van der Waals surface area contributed by atoms with Crippen LogP contribution in [0.15, 0.2) is 53.4 Å². The molecule has 0 aromatic heterocycles. The molecule has 3 rings (SSSR count). The molecule has 1 atom stereocenters. The Hall–Kier alpha value is -2.18. The fraction of sp³-hybridized carbons (Fsp3) is 0.316. The lowest BCUT2D eigenvalue weighted by Crippen LogP contribution is -2.52. The summed E-state index contributed by atoms with van der Waals surface area (Å²) in [4.78, 5) is 12.7. The molecule has 0 radical (unpaired) electrons. The predicted octanol–water partition coefficient (Wildman–Crippen LogP) is 2.42. The summed E-state index contributed by atoms with van der Waals surface area (Å²) in [5.74, 6) is -0.283. The molecule has 1 N–H and O–H groups in total. The van der Waals surface area contributed by atoms with Gasteiger partial charge >= 0.3 is 0 Å². The Bertz CT molecular complexity index is 876. The normalized spacial score (nSPS) is 18.8. The Morgan fingerprint density at radius 3 is 2.44 bits per heavy atom. The average Bonchev–Trinajstić information content (AvgIpc) is 2.62. The van der Waals surface area contributed by atoms with Crippen molar-refractivity contribution in [1.29, 1.82) is 0 Å². The third kappa shape index (κ3) is 3.32. The van der Waals surface area contributed by atoms with Gasteiger partial charge in [-0.15, -0.1) is 0 Å². The maximum atomic E-state index is 13.2. The van der Waals surface area contributed by atoms with Crippen molar-refractivity contribution in [3.05, 3.63) is 65.2 Å². The average molecular weight is 358 g/mol. The second-order valence-corrected chi connectivity index (χ2v) is 8.05. The summed E-state index contributed by atoms with van der Waals surface area (Å²) in [5, 5.41) is 2.78. The highest BCUT2D eigenvalue weighted by Crippen LogP contribution is 2.31. The Morgan fingerprint density at radius 2 is 1.80 bits per heavy atom. The Kier molecular flexibility index (Phi) is 4.92. The number of nitrogens with one attached hydrogen (secondary N) is 1. The third-order valence-electron chi connectivity index (χ3n) is 4.59. The van der Waals surface area contributed by atoms with Gasteiger partial charge in [-0.25, -0.2) is 8.42 Å². The van der Waals surface area contributed by atoms with Crippen LogP contribution in [0.5, 0.6) is 0 Å². The number of aryl methyl sites for hydroxylation is 2. The van der Waals surface area contributed by atoms with Crippen molar-refractivity contribution in [1.82, 2.24) is 9.62 Å². The molecule has 1 aliphatic heterocycles. The molecule has 1 heterocycles. The first-order valence-corrected chi connectivity index (χ1v) is 9.83. The summed E-state index contributed by atoms with van der Waals surface area (Å²) in [6.07, 6.45) is 0.846. The van der Waals surface area contributed by atoms with E-state index in [1.54, 1.807) is 12.1 Å². The van der Waals surface area contributed by atoms with Crippen molar-refractivity contribution in [2.24, 2.45) is 0 Å². The zero-order valence-corrected chi connectivity index (χ0v) is 15.2. The number of piperazine rings is 1. The highest BCUT2D eigenvalue weighted by molar-refractivity contribution is 7.89. The van der Waals surface area contributed by atoms with Gasteiger partial charge in [0.25, 0.3) is 0 Å². The van der Waals surface area contributed by atoms with Crippen molar-refractivity contribution in [3.8, 4) is 0 Å². The monoisotopic (exact) mass is 358 g/mol. The predicted molar refractivity (Wildman–Crippen MR) is 96.6 cm³/mol. The number of hydrogen-bond acceptors (Lipinski definition) is 3. The summed E-state index contributed by atoms with van der Waals surface area (Å²) in [7, 11) is -3.76. The molecule has 1 unspecified atom stereocenters. The Balaban J connectivity index is 2.05. The highest BCUT2D eigenvalue weighted by atomic mass is 32.2. The number of benzene rings is 2. The molecule has 132 valence electrons. The highest BCUT2D eigenvalue weighted by Gasteiger charge is 2.39. The van der Waals surface area contributed by atoms with E-state index in [1.165, 1.54) is 4.31 Å². The maximum absolute atomic E-state index is 13.2. The summed E-state index contributed by atoms with van der Waals surface area (Å²) < 4.78 is 27.7. The lowest BCUT2D eigenvalue weighted by Gasteiger charge is -2.35. The second-order valence-electron chi connectivity index (χ2n) is 6.16. The van der Waals surface area contributed by atoms with E-state index in [-0.39, 0.29) is 17.3 Å². The van der Waals surface area contributed by atoms with Crippen molar-refractivity contribution in [2.45, 2.75) is 31.2 Å². The van der Waals surface area contributed by atoms with Crippen molar-refractivity contribution < 1.29 is 13.2 Å². The molecule has 2 aromatic carbocycles. The Labute approximate surface area is 148 Å². The first-order valence-electron chi connectivity index (χ1n) is 8.39. The van der Waals surface area contributed by atoms with Crippen LogP contribution in [-0.2, 0) is 21.2 Å². The van der Waals surface area contributed by atoms with Crippen LogP contribution < -0.4 is 5.32 Å². The minimum absolute atomic E-state index is 0.220. The van der Waals surface area contributed by atoms with Gasteiger partial charge in [-0.2, -0.15) is 4.31 Å². The van der Waals surface area contributed by atoms with E-state index in [0.29, 0.717) is 12.1 Å². The number of nitrogens with zero attached hydrogens (tertiary/aromatic N) is 1. The van der Waals surface area contributed by atoms with E-state index in [4.69, 9.17) is 0 Å². The summed E-state index contributed by atoms with van der Waals surface area (Å²) in [6, 6.07) is 13.4. The molecular formula is C19H22N2O3S. The smallest absolute Gasteiger partial charge is 0.244 e. The van der Waals surface area contributed by atoms with Crippen LogP contribution in [0.3, 0.4) is 0 Å². The molecule has 25 heavy (non-hydrogen) atoms. The summed E-state index contributed by atoms with van der Waals surface area (Å²) in [5.41, 5.74) is 2.69. The van der Waals surface area contributed by atoms with Gasteiger partial charge in [0.1, 0.15) is 6.04 Å². The fourth-order valence-electron chi connectivity index (χ4n) is 3.13. The second kappa shape index (κ2) is 6.98. The molecule has 1 amide bonds. The van der Waals surface area contributed by atoms with Crippen LogP contribution in [0.4, 0.5) is 0 Å². The standard InChI is InChI=1S/C19H22N2O3S/c1-3-15-8-10-16(11-9-15)25(23,24)21-13-12-20-19(22)18(21)17-7-5-4-6-14(17)2/h4-11,18H,3,12-13H2,1-2H3,(H,20,22). The number of carbonyl (C=O) groups is 1. The summed E-state index contributed by atoms with van der Waals surface area (Å²) >= 11 is 0. The lowest BCUT2D eigenvalue weighted by molar-refractivity contribution is -0.126. The zero-order chi connectivity index (χ0) is 18.0. The van der Waals surface area contributed by atoms with Gasteiger partial charge in [-0.1, -0.05) is 43.3 Å². The minimum Gasteiger partial charge on any atom is -0.353 e. The number of hydrogen-bond donors (Lipinski definition) is 1. The molecule has 1 aliphatic rings. The van der Waals surface area contributed by atoms with Gasteiger partial charge in [0.2, 0.25) is 15.9 Å². The van der Waals surface area contributed by atoms with Crippen LogP contribution in [-0.4, -0.2) is 31.7 Å². The molecule has 2 aromatic rings. The molecule has 1 fully saturated rings. The van der Waals surface area contributed by atoms with Gasteiger partial charge in [0.05, 0.1) is 4.90 Å². The van der Waals surface area contributed by atoms with E-state index >= 15 is 0 Å². The van der Waals surface area contributed by atoms with Gasteiger partial charge in [0.15, 0.2) is 0 Å². The van der Waals surface area contributed by atoms with E-state index in [0.717, 1.165) is 17.5 Å². The van der Waals surface area contributed by atoms with Crippen molar-refractivity contribution >= 4 is 15.9 Å². The van der Waals surface area contributed by atoms with Crippen molar-refractivity contribution in [3.63, 3.8) is 0 Å². The molecule has 0 spiro atoms. The first kappa shape index (κ1) is 17.6. The molecule has 5 nitrogen and oxygen atoms in total. The number of amides is 1. The van der Waals surface area contributed by atoms with E-state index < -0.39 is 16.1 Å².